The largest absolute Gasteiger partial charge is 0.311 e. The molecule has 28 heavy (non-hydrogen) atoms. The van der Waals surface area contributed by atoms with Crippen LogP contribution in [0.15, 0.2) is 54.6 Å². The molecule has 0 bridgehead atoms. The molecule has 3 aromatic rings. The fourth-order valence-corrected chi connectivity index (χ4v) is 15.5. The van der Waals surface area contributed by atoms with Gasteiger partial charge < -0.3 is 4.90 Å². The molecule has 3 aromatic carbocycles. The van der Waals surface area contributed by atoms with Crippen molar-refractivity contribution in [2.75, 3.05) is 4.90 Å². The number of nitrogens with zero attached hydrogens (tertiary/aromatic N) is 1. The number of benzene rings is 3. The van der Waals surface area contributed by atoms with E-state index in [0.717, 1.165) is 0 Å². The van der Waals surface area contributed by atoms with Gasteiger partial charge in [-0.25, -0.2) is 0 Å². The Morgan fingerprint density at radius 2 is 0.643 bits per heavy atom. The molecule has 0 unspecified atom stereocenters. The molecule has 0 saturated heterocycles. The maximum atomic E-state index is 2.72. The van der Waals surface area contributed by atoms with Crippen LogP contribution < -0.4 is 36.0 Å². The fraction of sp³-hybridized carbons (Fsp3) is 0.250. The van der Waals surface area contributed by atoms with Crippen molar-refractivity contribution >= 4 is 72.4 Å². The molecule has 0 aromatic heterocycles. The van der Waals surface area contributed by atoms with Crippen LogP contribution in [0.5, 0.6) is 0 Å². The van der Waals surface area contributed by atoms with E-state index in [0.29, 0.717) is 0 Å². The van der Waals surface area contributed by atoms with Crippen molar-refractivity contribution < 1.29 is 0 Å². The van der Waals surface area contributed by atoms with Crippen LogP contribution in [0.4, 0.5) is 17.1 Å². The van der Waals surface area contributed by atoms with Gasteiger partial charge in [-0.15, -0.1) is 0 Å². The van der Waals surface area contributed by atoms with Crippen LogP contribution in [0, 0.1) is 0 Å². The van der Waals surface area contributed by atoms with Crippen LogP contribution in [0.1, 0.15) is 0 Å². The summed E-state index contributed by atoms with van der Waals surface area (Å²) in [5, 5.41) is 9.82. The highest BCUT2D eigenvalue weighted by Crippen LogP contribution is 2.43. The average Bonchev–Trinajstić information content (AvgIpc) is 2.66. The zero-order chi connectivity index (χ0) is 19.6. The summed E-state index contributed by atoms with van der Waals surface area (Å²) in [7, 11) is -5.20. The predicted molar refractivity (Wildman–Crippen MR) is 131 cm³/mol. The van der Waals surface area contributed by atoms with Crippen LogP contribution >= 0.6 is 0 Å². The minimum atomic E-state index is -1.73. The smallest absolute Gasteiger partial charge is 0.117 e. The van der Waals surface area contributed by atoms with Gasteiger partial charge in [0.25, 0.3) is 0 Å². The third-order valence-corrected chi connectivity index (χ3v) is 18.3. The highest BCUT2D eigenvalue weighted by atomic mass is 28.3. The standard InChI is InChI=1S/C24H27NSi3/c1-26(2)16-10-7-12-18-22(16)25-23-17(26)11-8-13-19(23)28(5,6)21-15-9-14-20(24(21)25)27(18,3)4/h7-15H,1-6H3. The second-order valence-electron chi connectivity index (χ2n) is 10.3. The lowest BCUT2D eigenvalue weighted by Crippen LogP contribution is -2.73. The van der Waals surface area contributed by atoms with E-state index in [4.69, 9.17) is 0 Å². The Morgan fingerprint density at radius 3 is 0.857 bits per heavy atom. The topological polar surface area (TPSA) is 3.24 Å². The summed E-state index contributed by atoms with van der Waals surface area (Å²) in [5.74, 6) is 0. The van der Waals surface area contributed by atoms with E-state index >= 15 is 0 Å². The van der Waals surface area contributed by atoms with E-state index < -0.39 is 24.2 Å². The number of hydrogen-bond donors (Lipinski definition) is 0. The molecule has 140 valence electrons. The van der Waals surface area contributed by atoms with Gasteiger partial charge >= 0.3 is 0 Å². The molecular weight excluding hydrogens is 387 g/mol. The summed E-state index contributed by atoms with van der Waals surface area (Å²) in [6, 6.07) is 21.7. The van der Waals surface area contributed by atoms with E-state index in [2.05, 4.69) is 98.8 Å². The number of anilines is 3. The van der Waals surface area contributed by atoms with E-state index in [1.54, 1.807) is 48.2 Å². The summed E-state index contributed by atoms with van der Waals surface area (Å²) in [4.78, 5) is 2.72. The average molecular weight is 414 g/mol. The lowest BCUT2D eigenvalue weighted by molar-refractivity contribution is 1.29. The fourth-order valence-electron chi connectivity index (χ4n) is 6.15. The first-order chi connectivity index (χ1) is 13.2. The molecule has 0 amide bonds. The Labute approximate surface area is 171 Å². The molecule has 0 aliphatic carbocycles. The first-order valence-corrected chi connectivity index (χ1v) is 19.4. The van der Waals surface area contributed by atoms with Gasteiger partial charge in [-0.2, -0.15) is 0 Å². The quantitative estimate of drug-likeness (QED) is 0.512. The maximum Gasteiger partial charge on any atom is 0.117 e. The van der Waals surface area contributed by atoms with Gasteiger partial charge in [-0.1, -0.05) is 93.9 Å². The lowest BCUT2D eigenvalue weighted by Gasteiger charge is -2.54. The molecule has 3 aliphatic rings. The summed E-state index contributed by atoms with van der Waals surface area (Å²) >= 11 is 0. The summed E-state index contributed by atoms with van der Waals surface area (Å²) in [5.41, 5.74) is 4.71. The molecule has 0 radical (unpaired) electrons. The molecule has 0 saturated carbocycles. The van der Waals surface area contributed by atoms with Crippen LogP contribution in [-0.4, -0.2) is 24.2 Å². The number of rotatable bonds is 0. The van der Waals surface area contributed by atoms with Crippen molar-refractivity contribution in [2.45, 2.75) is 39.3 Å². The Bertz CT molecular complexity index is 983. The molecule has 1 nitrogen and oxygen atoms in total. The van der Waals surface area contributed by atoms with Gasteiger partial charge in [-0.05, 0) is 31.1 Å². The monoisotopic (exact) mass is 413 g/mol. The van der Waals surface area contributed by atoms with Gasteiger partial charge in [0.2, 0.25) is 0 Å². The number of hydrogen-bond acceptors (Lipinski definition) is 1. The molecule has 0 atom stereocenters. The van der Waals surface area contributed by atoms with Crippen molar-refractivity contribution in [1.82, 2.24) is 0 Å². The highest BCUT2D eigenvalue weighted by Gasteiger charge is 2.52. The van der Waals surface area contributed by atoms with Crippen LogP contribution in [0.25, 0.3) is 0 Å². The summed E-state index contributed by atoms with van der Waals surface area (Å²) in [6.45, 7) is 15.4. The third-order valence-electron chi connectivity index (χ3n) is 7.82. The van der Waals surface area contributed by atoms with Crippen LogP contribution in [0.2, 0.25) is 39.3 Å². The Hall–Kier alpha value is -1.89. The molecule has 0 spiro atoms. The highest BCUT2D eigenvalue weighted by molar-refractivity contribution is 7.10. The minimum absolute atomic E-state index is 1.57. The molecule has 3 aliphatic heterocycles. The Balaban J connectivity index is 1.90. The first-order valence-electron chi connectivity index (χ1n) is 10.4. The van der Waals surface area contributed by atoms with Gasteiger partial charge in [-0.3, -0.25) is 0 Å². The van der Waals surface area contributed by atoms with Gasteiger partial charge in [0.05, 0.1) is 0 Å². The van der Waals surface area contributed by atoms with Crippen LogP contribution in [0.3, 0.4) is 0 Å². The van der Waals surface area contributed by atoms with Crippen molar-refractivity contribution in [3.8, 4) is 0 Å². The Kier molecular flexibility index (Phi) is 2.92. The maximum absolute atomic E-state index is 2.72. The molecule has 4 heteroatoms. The van der Waals surface area contributed by atoms with E-state index in [9.17, 15) is 0 Å². The van der Waals surface area contributed by atoms with Gasteiger partial charge in [0, 0.05) is 17.1 Å². The first kappa shape index (κ1) is 17.0. The van der Waals surface area contributed by atoms with E-state index in [1.807, 2.05) is 0 Å². The van der Waals surface area contributed by atoms with Crippen molar-refractivity contribution in [3.63, 3.8) is 0 Å². The molecule has 0 N–H and O–H groups in total. The number of para-hydroxylation sites is 3. The summed E-state index contributed by atoms with van der Waals surface area (Å²) < 4.78 is 0. The molecular formula is C24H27NSi3. The van der Waals surface area contributed by atoms with Crippen LogP contribution in [-0.2, 0) is 0 Å². The Morgan fingerprint density at radius 1 is 0.429 bits per heavy atom. The predicted octanol–water partition coefficient (Wildman–Crippen LogP) is 2.56. The zero-order valence-electron chi connectivity index (χ0n) is 17.6. The van der Waals surface area contributed by atoms with E-state index in [-0.39, 0.29) is 0 Å². The zero-order valence-corrected chi connectivity index (χ0v) is 20.6. The lowest BCUT2D eigenvalue weighted by atomic mass is 10.1. The third kappa shape index (κ3) is 1.66. The van der Waals surface area contributed by atoms with Crippen molar-refractivity contribution in [3.05, 3.63) is 54.6 Å². The van der Waals surface area contributed by atoms with Gasteiger partial charge in [0.15, 0.2) is 0 Å². The second kappa shape index (κ2) is 4.81. The van der Waals surface area contributed by atoms with E-state index in [1.165, 1.54) is 0 Å². The normalized spacial score (nSPS) is 20.6. The van der Waals surface area contributed by atoms with Gasteiger partial charge in [0.1, 0.15) is 24.2 Å². The second-order valence-corrected chi connectivity index (χ2v) is 23.3. The molecule has 6 rings (SSSR count). The minimum Gasteiger partial charge on any atom is -0.311 e. The van der Waals surface area contributed by atoms with Crippen molar-refractivity contribution in [2.24, 2.45) is 0 Å². The van der Waals surface area contributed by atoms with Crippen molar-refractivity contribution in [1.29, 1.82) is 0 Å². The summed E-state index contributed by atoms with van der Waals surface area (Å²) in [6.07, 6.45) is 0. The molecule has 3 heterocycles. The SMILES string of the molecule is C[Si]1(C)c2cccc3c2N2c4c1cccc4[Si](C)(C)c1cccc(c12)[Si]3(C)C. The molecule has 0 fully saturated rings.